The summed E-state index contributed by atoms with van der Waals surface area (Å²) in [7, 11) is 0. The lowest BCUT2D eigenvalue weighted by atomic mass is 10.2. The van der Waals surface area contributed by atoms with E-state index in [0.29, 0.717) is 5.69 Å². The normalized spacial score (nSPS) is 15.9. The third kappa shape index (κ3) is 3.33. The van der Waals surface area contributed by atoms with Crippen molar-refractivity contribution in [3.05, 3.63) is 29.0 Å². The fourth-order valence-electron chi connectivity index (χ4n) is 2.00. The summed E-state index contributed by atoms with van der Waals surface area (Å²) in [5.41, 5.74) is 0.420. The molecule has 2 amide bonds. The molecule has 0 aliphatic heterocycles. The van der Waals surface area contributed by atoms with Crippen LogP contribution in [0.2, 0.25) is 5.02 Å². The highest BCUT2D eigenvalue weighted by Gasteiger charge is 2.17. The van der Waals surface area contributed by atoms with Crippen LogP contribution in [0.5, 0.6) is 0 Å². The monoisotopic (exact) mass is 256 g/mol. The molecule has 2 N–H and O–H groups in total. The molecule has 0 radical (unpaired) electrons. The zero-order valence-corrected chi connectivity index (χ0v) is 10.1. The second-order valence-corrected chi connectivity index (χ2v) is 4.61. The number of benzene rings is 1. The topological polar surface area (TPSA) is 41.1 Å². The van der Waals surface area contributed by atoms with E-state index in [1.807, 2.05) is 0 Å². The van der Waals surface area contributed by atoms with Crippen molar-refractivity contribution in [1.82, 2.24) is 5.32 Å². The van der Waals surface area contributed by atoms with Gasteiger partial charge in [0.1, 0.15) is 5.82 Å². The third-order valence-electron chi connectivity index (χ3n) is 2.87. The number of nitrogens with one attached hydrogen (secondary N) is 2. The molecule has 1 saturated carbocycles. The Kier molecular flexibility index (Phi) is 3.84. The molecule has 1 aliphatic rings. The van der Waals surface area contributed by atoms with Gasteiger partial charge in [-0.2, -0.15) is 0 Å². The highest BCUT2D eigenvalue weighted by Crippen LogP contribution is 2.22. The number of carbonyl (C=O) groups is 1. The Morgan fingerprint density at radius 2 is 2.06 bits per heavy atom. The summed E-state index contributed by atoms with van der Waals surface area (Å²) in [5.74, 6) is -0.420. The molecule has 1 aliphatic carbocycles. The van der Waals surface area contributed by atoms with E-state index in [-0.39, 0.29) is 17.1 Å². The van der Waals surface area contributed by atoms with E-state index in [9.17, 15) is 9.18 Å². The Balaban J connectivity index is 1.93. The molecule has 17 heavy (non-hydrogen) atoms. The lowest BCUT2D eigenvalue weighted by molar-refractivity contribution is 0.248. The van der Waals surface area contributed by atoms with Crippen molar-refractivity contribution in [2.45, 2.75) is 31.7 Å². The fraction of sp³-hybridized carbons (Fsp3) is 0.417. The van der Waals surface area contributed by atoms with Gasteiger partial charge < -0.3 is 10.6 Å². The van der Waals surface area contributed by atoms with E-state index in [1.165, 1.54) is 18.2 Å². The standard InChI is InChI=1S/C12H14ClFN2O/c13-10-7-8(14)5-6-11(10)16-12(17)15-9-3-1-2-4-9/h5-7,9H,1-4H2,(H2,15,16,17). The van der Waals surface area contributed by atoms with Crippen LogP contribution < -0.4 is 10.6 Å². The van der Waals surface area contributed by atoms with Crippen LogP contribution in [0.25, 0.3) is 0 Å². The van der Waals surface area contributed by atoms with E-state index in [2.05, 4.69) is 10.6 Å². The summed E-state index contributed by atoms with van der Waals surface area (Å²) in [6.07, 6.45) is 4.35. The molecule has 5 heteroatoms. The summed E-state index contributed by atoms with van der Waals surface area (Å²) in [6.45, 7) is 0. The molecule has 2 rings (SSSR count). The van der Waals surface area contributed by atoms with E-state index in [0.717, 1.165) is 25.7 Å². The molecular formula is C12H14ClFN2O. The van der Waals surface area contributed by atoms with Gasteiger partial charge in [-0.3, -0.25) is 0 Å². The maximum atomic E-state index is 12.8. The Bertz CT molecular complexity index is 419. The first-order valence-corrected chi connectivity index (χ1v) is 6.05. The smallest absolute Gasteiger partial charge is 0.319 e. The lowest BCUT2D eigenvalue weighted by Crippen LogP contribution is -2.36. The maximum Gasteiger partial charge on any atom is 0.319 e. The highest BCUT2D eigenvalue weighted by atomic mass is 35.5. The largest absolute Gasteiger partial charge is 0.335 e. The number of halogens is 2. The number of hydrogen-bond acceptors (Lipinski definition) is 1. The predicted molar refractivity (Wildman–Crippen MR) is 65.8 cm³/mol. The molecule has 0 spiro atoms. The van der Waals surface area contributed by atoms with Gasteiger partial charge in [0.15, 0.2) is 0 Å². The van der Waals surface area contributed by atoms with Crippen LogP contribution in [0.4, 0.5) is 14.9 Å². The lowest BCUT2D eigenvalue weighted by Gasteiger charge is -2.13. The molecule has 1 fully saturated rings. The summed E-state index contributed by atoms with van der Waals surface area (Å²) in [5, 5.41) is 5.68. The average Bonchev–Trinajstić information content (AvgIpc) is 2.75. The van der Waals surface area contributed by atoms with Gasteiger partial charge >= 0.3 is 6.03 Å². The minimum absolute atomic E-state index is 0.201. The molecule has 0 bridgehead atoms. The van der Waals surface area contributed by atoms with Crippen molar-refractivity contribution in [3.8, 4) is 0 Å². The van der Waals surface area contributed by atoms with E-state index >= 15 is 0 Å². The highest BCUT2D eigenvalue weighted by molar-refractivity contribution is 6.33. The Labute approximate surface area is 104 Å². The number of carbonyl (C=O) groups excluding carboxylic acids is 1. The molecule has 0 aromatic heterocycles. The molecule has 0 atom stereocenters. The van der Waals surface area contributed by atoms with E-state index < -0.39 is 5.82 Å². The predicted octanol–water partition coefficient (Wildman–Crippen LogP) is 3.54. The number of amides is 2. The van der Waals surface area contributed by atoms with Gasteiger partial charge in [-0.15, -0.1) is 0 Å². The minimum Gasteiger partial charge on any atom is -0.335 e. The quantitative estimate of drug-likeness (QED) is 0.835. The van der Waals surface area contributed by atoms with E-state index in [1.54, 1.807) is 0 Å². The number of hydrogen-bond donors (Lipinski definition) is 2. The van der Waals surface area contributed by atoms with Crippen molar-refractivity contribution < 1.29 is 9.18 Å². The van der Waals surface area contributed by atoms with Crippen molar-refractivity contribution in [2.75, 3.05) is 5.32 Å². The van der Waals surface area contributed by atoms with Crippen LogP contribution in [0.15, 0.2) is 18.2 Å². The van der Waals surface area contributed by atoms with Gasteiger partial charge in [-0.05, 0) is 31.0 Å². The summed E-state index contributed by atoms with van der Waals surface area (Å²) in [6, 6.07) is 3.84. The maximum absolute atomic E-state index is 12.8. The van der Waals surface area contributed by atoms with Crippen LogP contribution >= 0.6 is 11.6 Å². The molecule has 0 unspecified atom stereocenters. The van der Waals surface area contributed by atoms with Crippen molar-refractivity contribution in [3.63, 3.8) is 0 Å². The summed E-state index contributed by atoms with van der Waals surface area (Å²) >= 11 is 5.81. The zero-order valence-electron chi connectivity index (χ0n) is 9.30. The first kappa shape index (κ1) is 12.2. The number of rotatable bonds is 2. The molecule has 0 heterocycles. The first-order chi connectivity index (χ1) is 8.15. The average molecular weight is 257 g/mol. The summed E-state index contributed by atoms with van der Waals surface area (Å²) < 4.78 is 12.8. The molecule has 0 saturated heterocycles. The number of anilines is 1. The fourth-order valence-corrected chi connectivity index (χ4v) is 2.22. The van der Waals surface area contributed by atoms with Crippen molar-refractivity contribution in [1.29, 1.82) is 0 Å². The van der Waals surface area contributed by atoms with Gasteiger partial charge in [-0.25, -0.2) is 9.18 Å². The Hall–Kier alpha value is -1.29. The minimum atomic E-state index is -0.420. The third-order valence-corrected chi connectivity index (χ3v) is 3.18. The van der Waals surface area contributed by atoms with Gasteiger partial charge in [0.2, 0.25) is 0 Å². The second kappa shape index (κ2) is 5.36. The van der Waals surface area contributed by atoms with Crippen LogP contribution in [0, 0.1) is 5.82 Å². The van der Waals surface area contributed by atoms with Crippen LogP contribution in [-0.4, -0.2) is 12.1 Å². The van der Waals surface area contributed by atoms with Crippen LogP contribution in [-0.2, 0) is 0 Å². The Morgan fingerprint density at radius 1 is 1.35 bits per heavy atom. The van der Waals surface area contributed by atoms with E-state index in [4.69, 9.17) is 11.6 Å². The number of urea groups is 1. The second-order valence-electron chi connectivity index (χ2n) is 4.20. The van der Waals surface area contributed by atoms with Crippen molar-refractivity contribution in [2.24, 2.45) is 0 Å². The molecular weight excluding hydrogens is 243 g/mol. The van der Waals surface area contributed by atoms with Gasteiger partial charge in [0, 0.05) is 6.04 Å². The molecule has 1 aromatic carbocycles. The first-order valence-electron chi connectivity index (χ1n) is 5.68. The molecule has 92 valence electrons. The van der Waals surface area contributed by atoms with Crippen LogP contribution in [0.1, 0.15) is 25.7 Å². The van der Waals surface area contributed by atoms with Crippen LogP contribution in [0.3, 0.4) is 0 Å². The summed E-state index contributed by atoms with van der Waals surface area (Å²) in [4.78, 5) is 11.6. The SMILES string of the molecule is O=C(Nc1ccc(F)cc1Cl)NC1CCCC1. The Morgan fingerprint density at radius 3 is 2.71 bits per heavy atom. The molecule has 1 aromatic rings. The van der Waals surface area contributed by atoms with Gasteiger partial charge in [0.05, 0.1) is 10.7 Å². The molecule has 3 nitrogen and oxygen atoms in total. The van der Waals surface area contributed by atoms with Crippen molar-refractivity contribution >= 4 is 23.3 Å². The van der Waals surface area contributed by atoms with Gasteiger partial charge in [0.25, 0.3) is 0 Å². The zero-order chi connectivity index (χ0) is 12.3. The van der Waals surface area contributed by atoms with Gasteiger partial charge in [-0.1, -0.05) is 24.4 Å².